The van der Waals surface area contributed by atoms with E-state index in [2.05, 4.69) is 0 Å². The van der Waals surface area contributed by atoms with Gasteiger partial charge in [-0.2, -0.15) is 0 Å². The molecule has 0 aliphatic heterocycles. The third kappa shape index (κ3) is 8.32. The predicted octanol–water partition coefficient (Wildman–Crippen LogP) is 2.29. The fraction of sp³-hybridized carbons (Fsp3) is 0.417. The van der Waals surface area contributed by atoms with Gasteiger partial charge in [0.1, 0.15) is 5.38 Å². The van der Waals surface area contributed by atoms with Crippen LogP contribution in [0.25, 0.3) is 0 Å². The second-order valence-corrected chi connectivity index (χ2v) is 4.01. The summed E-state index contributed by atoms with van der Waals surface area (Å²) in [4.78, 5) is 10.4. The monoisotopic (exact) mass is 281 g/mol. The molecular weight excluding hydrogens is 267 g/mol. The van der Waals surface area contributed by atoms with Gasteiger partial charge in [0.15, 0.2) is 0 Å². The van der Waals surface area contributed by atoms with Crippen molar-refractivity contribution in [3.8, 4) is 0 Å². The summed E-state index contributed by atoms with van der Waals surface area (Å²) in [5.74, 6) is -0.968. The Morgan fingerprint density at radius 3 is 2.59 bits per heavy atom. The zero-order valence-electron chi connectivity index (χ0n) is 9.93. The first-order valence-electron chi connectivity index (χ1n) is 5.18. The molecule has 0 saturated heterocycles. The average Bonchev–Trinajstić information content (AvgIpc) is 2.29. The largest absolute Gasteiger partial charge is 0.480 e. The van der Waals surface area contributed by atoms with Crippen LogP contribution in [0, 0.1) is 0 Å². The number of hydrogen-bond donors (Lipinski definition) is 1. The third-order valence-corrected chi connectivity index (χ3v) is 2.53. The molecule has 17 heavy (non-hydrogen) atoms. The Hall–Kier alpha value is 0.576. The van der Waals surface area contributed by atoms with E-state index in [-0.39, 0.29) is 51.4 Å². The number of alkyl halides is 1. The summed E-state index contributed by atoms with van der Waals surface area (Å²) >= 11 is 5.56. The fourth-order valence-electron chi connectivity index (χ4n) is 1.25. The Labute approximate surface area is 149 Å². The number of ether oxygens (including phenoxy) is 1. The van der Waals surface area contributed by atoms with Gasteiger partial charge in [0.05, 0.1) is 6.61 Å². The van der Waals surface area contributed by atoms with Crippen LogP contribution in [0.2, 0.25) is 0 Å². The fourth-order valence-corrected chi connectivity index (χ4v) is 1.41. The second-order valence-electron chi connectivity index (χ2n) is 3.49. The van der Waals surface area contributed by atoms with Crippen LogP contribution in [0.15, 0.2) is 30.3 Å². The van der Waals surface area contributed by atoms with E-state index in [0.29, 0.717) is 26.1 Å². The first kappa shape index (κ1) is 17.6. The van der Waals surface area contributed by atoms with Gasteiger partial charge in [0.25, 0.3) is 0 Å². The summed E-state index contributed by atoms with van der Waals surface area (Å²) in [5.41, 5.74) is 1.11. The normalized spacial score (nSPS) is 11.6. The molecule has 0 aliphatic rings. The van der Waals surface area contributed by atoms with E-state index in [0.717, 1.165) is 5.56 Å². The van der Waals surface area contributed by atoms with Crippen LogP contribution >= 0.6 is 11.6 Å². The molecule has 0 bridgehead atoms. The van der Waals surface area contributed by atoms with Gasteiger partial charge in [-0.3, -0.25) is 4.79 Å². The number of carbonyl (C=O) groups is 1. The van der Waals surface area contributed by atoms with Crippen molar-refractivity contribution in [2.24, 2.45) is 0 Å². The Balaban J connectivity index is 0.00000256. The summed E-state index contributed by atoms with van der Waals surface area (Å²) in [6.45, 7) is 1.09. The quantitative estimate of drug-likeness (QED) is 0.474. The van der Waals surface area contributed by atoms with Crippen LogP contribution in [-0.2, 0) is 16.1 Å². The molecule has 1 rings (SSSR count). The van der Waals surface area contributed by atoms with E-state index in [1.54, 1.807) is 0 Å². The molecule has 1 aromatic rings. The topological polar surface area (TPSA) is 46.5 Å². The minimum absolute atomic E-state index is 0. The molecule has 0 heterocycles. The molecule has 0 fully saturated rings. The minimum Gasteiger partial charge on any atom is -0.480 e. The van der Waals surface area contributed by atoms with Crippen LogP contribution in [-0.4, -0.2) is 74.4 Å². The van der Waals surface area contributed by atoms with Gasteiger partial charge in [-0.1, -0.05) is 30.3 Å². The van der Waals surface area contributed by atoms with E-state index < -0.39 is 11.3 Å². The first-order chi connectivity index (χ1) is 7.70. The predicted molar refractivity (Wildman–Crippen MR) is 68.4 cm³/mol. The van der Waals surface area contributed by atoms with Crippen LogP contribution in [0.4, 0.5) is 0 Å². The molecule has 1 atom stereocenters. The average molecular weight is 282 g/mol. The molecule has 0 spiro atoms. The SMILES string of the molecule is O=C(O)C(Cl)CCCOCc1ccccc1.[K]. The van der Waals surface area contributed by atoms with Crippen LogP contribution in [0.3, 0.4) is 0 Å². The van der Waals surface area contributed by atoms with E-state index in [9.17, 15) is 4.79 Å². The van der Waals surface area contributed by atoms with Crippen molar-refractivity contribution in [3.05, 3.63) is 35.9 Å². The Morgan fingerprint density at radius 2 is 2.00 bits per heavy atom. The smallest absolute Gasteiger partial charge is 0.321 e. The van der Waals surface area contributed by atoms with Crippen molar-refractivity contribution >= 4 is 69.0 Å². The molecule has 1 aromatic carbocycles. The molecule has 1 unspecified atom stereocenters. The molecule has 1 N–H and O–H groups in total. The van der Waals surface area contributed by atoms with E-state index in [1.807, 2.05) is 30.3 Å². The van der Waals surface area contributed by atoms with E-state index in [4.69, 9.17) is 21.4 Å². The zero-order valence-corrected chi connectivity index (χ0v) is 13.8. The van der Waals surface area contributed by atoms with Gasteiger partial charge in [-0.25, -0.2) is 0 Å². The molecule has 3 nitrogen and oxygen atoms in total. The van der Waals surface area contributed by atoms with Gasteiger partial charge in [-0.15, -0.1) is 11.6 Å². The summed E-state index contributed by atoms with van der Waals surface area (Å²) in [6.07, 6.45) is 1.10. The van der Waals surface area contributed by atoms with Crippen molar-refractivity contribution in [1.29, 1.82) is 0 Å². The number of rotatable bonds is 7. The second kappa shape index (κ2) is 10.5. The van der Waals surface area contributed by atoms with Crippen LogP contribution < -0.4 is 0 Å². The Morgan fingerprint density at radius 1 is 1.35 bits per heavy atom. The molecule has 5 heteroatoms. The maximum atomic E-state index is 10.4. The molecule has 1 radical (unpaired) electrons. The summed E-state index contributed by atoms with van der Waals surface area (Å²) in [5, 5.41) is 7.74. The molecule has 0 saturated carbocycles. The Kier molecular flexibility index (Phi) is 10.9. The number of hydrogen-bond acceptors (Lipinski definition) is 2. The Bertz CT molecular complexity index is 319. The molecule has 0 aliphatic carbocycles. The molecular formula is C12H15ClKO3. The number of benzene rings is 1. The van der Waals surface area contributed by atoms with Crippen molar-refractivity contribution in [1.82, 2.24) is 0 Å². The number of halogens is 1. The van der Waals surface area contributed by atoms with Gasteiger partial charge in [-0.05, 0) is 18.4 Å². The summed E-state index contributed by atoms with van der Waals surface area (Å²) < 4.78 is 5.40. The van der Waals surface area contributed by atoms with E-state index in [1.165, 1.54) is 0 Å². The first-order valence-corrected chi connectivity index (χ1v) is 5.62. The third-order valence-electron chi connectivity index (χ3n) is 2.13. The van der Waals surface area contributed by atoms with Gasteiger partial charge >= 0.3 is 5.97 Å². The van der Waals surface area contributed by atoms with Crippen LogP contribution in [0.5, 0.6) is 0 Å². The number of carboxylic acid groups (broad SMARTS) is 1. The zero-order chi connectivity index (χ0) is 11.8. The van der Waals surface area contributed by atoms with Gasteiger partial charge < -0.3 is 9.84 Å². The summed E-state index contributed by atoms with van der Waals surface area (Å²) in [7, 11) is 0. The standard InChI is InChI=1S/C12H15ClO3.K/c13-11(12(14)15)7-4-8-16-9-10-5-2-1-3-6-10;/h1-3,5-6,11H,4,7-9H2,(H,14,15);. The molecule has 0 amide bonds. The number of aliphatic carboxylic acids is 1. The summed E-state index contributed by atoms with van der Waals surface area (Å²) in [6, 6.07) is 9.84. The van der Waals surface area contributed by atoms with E-state index >= 15 is 0 Å². The maximum absolute atomic E-state index is 10.4. The van der Waals surface area contributed by atoms with Crippen molar-refractivity contribution < 1.29 is 14.6 Å². The van der Waals surface area contributed by atoms with Crippen LogP contribution in [0.1, 0.15) is 18.4 Å². The van der Waals surface area contributed by atoms with Crippen molar-refractivity contribution in [3.63, 3.8) is 0 Å². The van der Waals surface area contributed by atoms with Gasteiger partial charge in [0.2, 0.25) is 0 Å². The molecule has 0 aromatic heterocycles. The minimum atomic E-state index is -0.968. The maximum Gasteiger partial charge on any atom is 0.321 e. The van der Waals surface area contributed by atoms with Crippen molar-refractivity contribution in [2.75, 3.05) is 6.61 Å². The van der Waals surface area contributed by atoms with Crippen molar-refractivity contribution in [2.45, 2.75) is 24.8 Å². The number of carboxylic acids is 1. The van der Waals surface area contributed by atoms with Gasteiger partial charge in [0, 0.05) is 58.0 Å². The molecule has 89 valence electrons.